The van der Waals surface area contributed by atoms with Gasteiger partial charge < -0.3 is 10.2 Å². The molecule has 0 amide bonds. The lowest BCUT2D eigenvalue weighted by Crippen LogP contribution is -2.38. The standard InChI is InChI=1S/C19H12Cl4O5S/c20-14-6-2-5-13(17(14)23)19(29(26,27)28,10-3-1-4-12(24)7-10)11-8-15(21)18(25)16(22)9-11/h1-9,24-25H,(H,26,27,28). The van der Waals surface area contributed by atoms with Crippen molar-refractivity contribution >= 4 is 56.5 Å². The van der Waals surface area contributed by atoms with Gasteiger partial charge in [-0.25, -0.2) is 0 Å². The SMILES string of the molecule is O=S(=O)(O)C(c1cccc(O)c1)(c1cc(Cl)c(O)c(Cl)c1)c1cccc(Cl)c1Cl. The van der Waals surface area contributed by atoms with Crippen molar-refractivity contribution in [2.24, 2.45) is 0 Å². The van der Waals surface area contributed by atoms with Crippen LogP contribution in [0.3, 0.4) is 0 Å². The summed E-state index contributed by atoms with van der Waals surface area (Å²) in [7, 11) is -5.04. The molecule has 0 heterocycles. The molecule has 0 saturated heterocycles. The first-order valence-electron chi connectivity index (χ1n) is 7.89. The summed E-state index contributed by atoms with van der Waals surface area (Å²) in [5.74, 6) is -0.723. The van der Waals surface area contributed by atoms with Gasteiger partial charge >= 0.3 is 0 Å². The molecule has 0 aromatic heterocycles. The predicted octanol–water partition coefficient (Wildman–Crippen LogP) is 5.89. The van der Waals surface area contributed by atoms with Crippen molar-refractivity contribution in [2.45, 2.75) is 4.75 Å². The van der Waals surface area contributed by atoms with Crippen molar-refractivity contribution < 1.29 is 23.2 Å². The lowest BCUT2D eigenvalue weighted by molar-refractivity contribution is 0.455. The van der Waals surface area contributed by atoms with Crippen LogP contribution in [-0.2, 0) is 14.9 Å². The van der Waals surface area contributed by atoms with Crippen LogP contribution in [0.15, 0.2) is 54.6 Å². The molecule has 152 valence electrons. The van der Waals surface area contributed by atoms with Crippen LogP contribution >= 0.6 is 46.4 Å². The number of hydrogen-bond donors (Lipinski definition) is 3. The quantitative estimate of drug-likeness (QED) is 0.311. The third-order valence-electron chi connectivity index (χ3n) is 4.39. The Balaban J connectivity index is 2.61. The van der Waals surface area contributed by atoms with E-state index in [4.69, 9.17) is 46.4 Å². The summed E-state index contributed by atoms with van der Waals surface area (Å²) in [6.45, 7) is 0. The number of halogens is 4. The molecule has 29 heavy (non-hydrogen) atoms. The summed E-state index contributed by atoms with van der Waals surface area (Å²) in [5, 5.41) is 19.3. The monoisotopic (exact) mass is 492 g/mol. The zero-order valence-electron chi connectivity index (χ0n) is 14.3. The van der Waals surface area contributed by atoms with Gasteiger partial charge in [-0.3, -0.25) is 4.55 Å². The number of aromatic hydroxyl groups is 2. The maximum Gasteiger partial charge on any atom is 0.283 e. The molecule has 1 atom stereocenters. The van der Waals surface area contributed by atoms with E-state index in [1.807, 2.05) is 0 Å². The highest BCUT2D eigenvalue weighted by molar-refractivity contribution is 7.87. The van der Waals surface area contributed by atoms with Gasteiger partial charge in [0.25, 0.3) is 10.1 Å². The first-order valence-corrected chi connectivity index (χ1v) is 10.8. The maximum atomic E-state index is 13.0. The van der Waals surface area contributed by atoms with Gasteiger partial charge in [-0.15, -0.1) is 0 Å². The second kappa shape index (κ2) is 7.87. The van der Waals surface area contributed by atoms with Gasteiger partial charge in [-0.05, 0) is 41.5 Å². The van der Waals surface area contributed by atoms with Gasteiger partial charge in [0.1, 0.15) is 5.75 Å². The highest BCUT2D eigenvalue weighted by Gasteiger charge is 2.50. The van der Waals surface area contributed by atoms with Gasteiger partial charge in [0.05, 0.1) is 20.1 Å². The highest BCUT2D eigenvalue weighted by Crippen LogP contribution is 2.50. The molecule has 0 fully saturated rings. The summed E-state index contributed by atoms with van der Waals surface area (Å²) in [4.78, 5) is 0. The van der Waals surface area contributed by atoms with Gasteiger partial charge in [0, 0.05) is 5.56 Å². The van der Waals surface area contributed by atoms with Crippen LogP contribution in [0.4, 0.5) is 0 Å². The fraction of sp³-hybridized carbons (Fsp3) is 0.0526. The van der Waals surface area contributed by atoms with E-state index >= 15 is 0 Å². The molecule has 3 N–H and O–H groups in total. The summed E-state index contributed by atoms with van der Waals surface area (Å²) in [6, 6.07) is 11.8. The Morgan fingerprint density at radius 2 is 1.34 bits per heavy atom. The molecule has 1 unspecified atom stereocenters. The van der Waals surface area contributed by atoms with Crippen LogP contribution in [-0.4, -0.2) is 23.2 Å². The Morgan fingerprint density at radius 1 is 0.759 bits per heavy atom. The van der Waals surface area contributed by atoms with Crippen LogP contribution in [0.5, 0.6) is 11.5 Å². The van der Waals surface area contributed by atoms with Crippen molar-refractivity contribution in [3.05, 3.63) is 91.4 Å². The van der Waals surface area contributed by atoms with Gasteiger partial charge in [0.2, 0.25) is 0 Å². The van der Waals surface area contributed by atoms with Crippen molar-refractivity contribution in [2.75, 3.05) is 0 Å². The van der Waals surface area contributed by atoms with E-state index in [1.165, 1.54) is 36.4 Å². The zero-order valence-corrected chi connectivity index (χ0v) is 18.1. The first kappa shape index (κ1) is 22.0. The Hall–Kier alpha value is -1.67. The van der Waals surface area contributed by atoms with Crippen LogP contribution in [0.2, 0.25) is 20.1 Å². The zero-order chi connectivity index (χ0) is 21.6. The van der Waals surface area contributed by atoms with Crippen molar-refractivity contribution in [3.8, 4) is 11.5 Å². The smallest absolute Gasteiger partial charge is 0.283 e. The van der Waals surface area contributed by atoms with Gasteiger partial charge in [-0.1, -0.05) is 70.7 Å². The highest BCUT2D eigenvalue weighted by atomic mass is 35.5. The van der Waals surface area contributed by atoms with E-state index in [0.29, 0.717) is 0 Å². The molecule has 5 nitrogen and oxygen atoms in total. The van der Waals surface area contributed by atoms with Crippen molar-refractivity contribution in [1.82, 2.24) is 0 Å². The normalized spacial score (nSPS) is 13.8. The van der Waals surface area contributed by atoms with Gasteiger partial charge in [-0.2, -0.15) is 8.42 Å². The van der Waals surface area contributed by atoms with Crippen LogP contribution in [0, 0.1) is 0 Å². The molecule has 0 bridgehead atoms. The summed E-state index contributed by atoms with van der Waals surface area (Å²) < 4.78 is 34.0. The number of phenolic OH excluding ortho intramolecular Hbond substituents is 2. The van der Waals surface area contributed by atoms with E-state index in [9.17, 15) is 23.2 Å². The molecular weight excluding hydrogens is 482 g/mol. The van der Waals surface area contributed by atoms with Crippen LogP contribution in [0.1, 0.15) is 16.7 Å². The molecule has 3 aromatic carbocycles. The minimum atomic E-state index is -5.04. The Bertz CT molecular complexity index is 1190. The van der Waals surface area contributed by atoms with E-state index < -0.39 is 20.6 Å². The summed E-state index contributed by atoms with van der Waals surface area (Å²) in [6.07, 6.45) is 0. The van der Waals surface area contributed by atoms with Crippen molar-refractivity contribution in [3.63, 3.8) is 0 Å². The van der Waals surface area contributed by atoms with Crippen LogP contribution < -0.4 is 0 Å². The Kier molecular flexibility index (Phi) is 5.98. The van der Waals surface area contributed by atoms with E-state index in [1.54, 1.807) is 0 Å². The average Bonchev–Trinajstić information content (AvgIpc) is 2.62. The maximum absolute atomic E-state index is 13.0. The average molecular weight is 494 g/mol. The van der Waals surface area contributed by atoms with E-state index in [2.05, 4.69) is 0 Å². The molecule has 3 rings (SSSR count). The second-order valence-electron chi connectivity index (χ2n) is 6.10. The lowest BCUT2D eigenvalue weighted by Gasteiger charge is -2.33. The first-order chi connectivity index (χ1) is 13.5. The third kappa shape index (κ3) is 3.65. The Morgan fingerprint density at radius 3 is 1.90 bits per heavy atom. The molecule has 0 aliphatic heterocycles. The molecule has 0 aliphatic rings. The van der Waals surface area contributed by atoms with Gasteiger partial charge in [0.15, 0.2) is 10.5 Å². The Labute approximate surface area is 186 Å². The van der Waals surface area contributed by atoms with E-state index in [-0.39, 0.29) is 42.5 Å². The molecule has 0 spiro atoms. The number of hydrogen-bond acceptors (Lipinski definition) is 4. The summed E-state index contributed by atoms with van der Waals surface area (Å²) >= 11 is 24.5. The van der Waals surface area contributed by atoms with Crippen molar-refractivity contribution in [1.29, 1.82) is 0 Å². The van der Waals surface area contributed by atoms with Crippen LogP contribution in [0.25, 0.3) is 0 Å². The minimum Gasteiger partial charge on any atom is -0.508 e. The molecular formula is C19H12Cl4O5S. The number of benzene rings is 3. The van der Waals surface area contributed by atoms with E-state index in [0.717, 1.165) is 18.2 Å². The second-order valence-corrected chi connectivity index (χ2v) is 9.26. The molecule has 0 saturated carbocycles. The predicted molar refractivity (Wildman–Crippen MR) is 114 cm³/mol. The summed E-state index contributed by atoms with van der Waals surface area (Å²) in [5.41, 5.74) is -0.276. The fourth-order valence-corrected chi connectivity index (χ4v) is 5.46. The lowest BCUT2D eigenvalue weighted by atomic mass is 9.83. The number of rotatable bonds is 4. The largest absolute Gasteiger partial charge is 0.508 e. The fourth-order valence-electron chi connectivity index (χ4n) is 3.18. The molecule has 3 aromatic rings. The number of phenols is 2. The minimum absolute atomic E-state index is 0.0355. The molecule has 0 radical (unpaired) electrons. The topological polar surface area (TPSA) is 94.8 Å². The molecule has 10 heteroatoms. The molecule has 0 aliphatic carbocycles. The third-order valence-corrected chi connectivity index (χ3v) is 7.25.